The van der Waals surface area contributed by atoms with Crippen LogP contribution in [0.15, 0.2) is 11.6 Å². The molecular weight excluding hydrogens is 204 g/mol. The van der Waals surface area contributed by atoms with Crippen LogP contribution in [0.1, 0.15) is 25.7 Å². The molecule has 15 heavy (non-hydrogen) atoms. The third-order valence-electron chi connectivity index (χ3n) is 1.66. The monoisotopic (exact) mass is 216 g/mol. The summed E-state index contributed by atoms with van der Waals surface area (Å²) in [6.45, 7) is 0. The zero-order valence-electron chi connectivity index (χ0n) is 7.97. The summed E-state index contributed by atoms with van der Waals surface area (Å²) in [6, 6.07) is 0. The molecule has 0 atom stereocenters. The molecule has 0 radical (unpaired) electrons. The molecule has 0 aliphatic carbocycles. The van der Waals surface area contributed by atoms with Gasteiger partial charge in [-0.3, -0.25) is 4.79 Å². The molecule has 0 saturated carbocycles. The van der Waals surface area contributed by atoms with Crippen molar-refractivity contribution in [3.05, 3.63) is 11.6 Å². The molecule has 6 nitrogen and oxygen atoms in total. The molecule has 84 valence electrons. The van der Waals surface area contributed by atoms with Crippen LogP contribution in [0.2, 0.25) is 0 Å². The predicted molar refractivity (Wildman–Crippen MR) is 49.5 cm³/mol. The molecule has 0 bridgehead atoms. The molecule has 3 N–H and O–H groups in total. The van der Waals surface area contributed by atoms with Gasteiger partial charge in [0.25, 0.3) is 0 Å². The van der Waals surface area contributed by atoms with Crippen molar-refractivity contribution < 1.29 is 29.7 Å². The number of rotatable bonds is 7. The van der Waals surface area contributed by atoms with Gasteiger partial charge in [0.1, 0.15) is 0 Å². The summed E-state index contributed by atoms with van der Waals surface area (Å²) in [6.07, 6.45) is 1.33. The lowest BCUT2D eigenvalue weighted by molar-refractivity contribution is -0.137. The van der Waals surface area contributed by atoms with Gasteiger partial charge in [-0.15, -0.1) is 0 Å². The molecule has 6 heteroatoms. The number of unbranched alkanes of at least 4 members (excludes halogenated alkanes) is 1. The maximum atomic E-state index is 10.5. The van der Waals surface area contributed by atoms with E-state index in [0.29, 0.717) is 18.9 Å². The molecule has 0 fully saturated rings. The summed E-state index contributed by atoms with van der Waals surface area (Å²) < 4.78 is 0. The molecule has 0 unspecified atom stereocenters. The summed E-state index contributed by atoms with van der Waals surface area (Å²) in [5.41, 5.74) is -0.215. The smallest absolute Gasteiger partial charge is 0.331 e. The maximum absolute atomic E-state index is 10.5. The molecule has 0 amide bonds. The van der Waals surface area contributed by atoms with Gasteiger partial charge in [0, 0.05) is 18.1 Å². The van der Waals surface area contributed by atoms with Crippen LogP contribution in [0.4, 0.5) is 0 Å². The lowest BCUT2D eigenvalue weighted by atomic mass is 10.1. The van der Waals surface area contributed by atoms with Crippen molar-refractivity contribution >= 4 is 17.9 Å². The molecule has 0 aliphatic rings. The van der Waals surface area contributed by atoms with E-state index in [1.807, 2.05) is 0 Å². The van der Waals surface area contributed by atoms with Gasteiger partial charge < -0.3 is 15.3 Å². The average molecular weight is 216 g/mol. The van der Waals surface area contributed by atoms with Gasteiger partial charge in [-0.1, -0.05) is 0 Å². The van der Waals surface area contributed by atoms with Crippen LogP contribution in [0, 0.1) is 0 Å². The molecule has 0 saturated heterocycles. The molecule has 0 aliphatic heterocycles. The standard InChI is InChI=1S/C9H12O6/c10-7(11)4-2-1-3-6(9(14)15)5-8(12)13/h5H,1-4H2,(H,10,11)(H,12,13)(H,14,15)/b6-5-. The van der Waals surface area contributed by atoms with E-state index in [1.165, 1.54) is 0 Å². The van der Waals surface area contributed by atoms with Crippen molar-refractivity contribution in [3.63, 3.8) is 0 Å². The predicted octanol–water partition coefficient (Wildman–Crippen LogP) is 0.727. The van der Waals surface area contributed by atoms with Crippen LogP contribution in [-0.4, -0.2) is 33.2 Å². The highest BCUT2D eigenvalue weighted by Gasteiger charge is 2.09. The lowest BCUT2D eigenvalue weighted by Gasteiger charge is -2.00. The quantitative estimate of drug-likeness (QED) is 0.427. The minimum absolute atomic E-state index is 0.0417. The van der Waals surface area contributed by atoms with Crippen molar-refractivity contribution in [3.8, 4) is 0 Å². The van der Waals surface area contributed by atoms with E-state index in [1.54, 1.807) is 0 Å². The third kappa shape index (κ3) is 7.24. The minimum Gasteiger partial charge on any atom is -0.481 e. The molecule has 0 rings (SSSR count). The molecule has 0 aromatic rings. The van der Waals surface area contributed by atoms with Gasteiger partial charge in [0.15, 0.2) is 0 Å². The van der Waals surface area contributed by atoms with Crippen LogP contribution in [-0.2, 0) is 14.4 Å². The number of carboxylic acids is 3. The summed E-state index contributed by atoms with van der Waals surface area (Å²) in [5.74, 6) is -3.55. The Morgan fingerprint density at radius 1 is 0.933 bits per heavy atom. The van der Waals surface area contributed by atoms with Gasteiger partial charge >= 0.3 is 17.9 Å². The van der Waals surface area contributed by atoms with Crippen LogP contribution >= 0.6 is 0 Å². The van der Waals surface area contributed by atoms with Crippen molar-refractivity contribution in [2.75, 3.05) is 0 Å². The second-order valence-corrected chi connectivity index (χ2v) is 2.91. The van der Waals surface area contributed by atoms with E-state index in [2.05, 4.69) is 0 Å². The van der Waals surface area contributed by atoms with E-state index >= 15 is 0 Å². The Morgan fingerprint density at radius 2 is 1.47 bits per heavy atom. The Kier molecular flexibility index (Phi) is 5.77. The van der Waals surface area contributed by atoms with Gasteiger partial charge in [-0.05, 0) is 19.3 Å². The first-order valence-corrected chi connectivity index (χ1v) is 4.32. The molecule has 0 spiro atoms. The average Bonchev–Trinajstić information content (AvgIpc) is 2.08. The zero-order chi connectivity index (χ0) is 11.8. The van der Waals surface area contributed by atoms with Crippen LogP contribution in [0.5, 0.6) is 0 Å². The van der Waals surface area contributed by atoms with Gasteiger partial charge in [-0.25, -0.2) is 9.59 Å². The number of hydrogen-bond donors (Lipinski definition) is 3. The first-order valence-electron chi connectivity index (χ1n) is 4.32. The van der Waals surface area contributed by atoms with Crippen LogP contribution in [0.25, 0.3) is 0 Å². The van der Waals surface area contributed by atoms with E-state index in [9.17, 15) is 14.4 Å². The lowest BCUT2D eigenvalue weighted by Crippen LogP contribution is -2.04. The fraction of sp³-hybridized carbons (Fsp3) is 0.444. The largest absolute Gasteiger partial charge is 0.481 e. The minimum atomic E-state index is -1.31. The molecule has 0 aromatic heterocycles. The summed E-state index contributed by atoms with van der Waals surface area (Å²) in [5, 5.41) is 25.2. The normalized spacial score (nSPS) is 11.1. The first kappa shape index (κ1) is 13.2. The summed E-state index contributed by atoms with van der Waals surface area (Å²) in [7, 11) is 0. The maximum Gasteiger partial charge on any atom is 0.331 e. The van der Waals surface area contributed by atoms with Crippen molar-refractivity contribution in [2.24, 2.45) is 0 Å². The fourth-order valence-corrected chi connectivity index (χ4v) is 0.982. The van der Waals surface area contributed by atoms with Gasteiger partial charge in [-0.2, -0.15) is 0 Å². The van der Waals surface area contributed by atoms with Gasteiger partial charge in [0.2, 0.25) is 0 Å². The van der Waals surface area contributed by atoms with Crippen molar-refractivity contribution in [1.82, 2.24) is 0 Å². The highest BCUT2D eigenvalue weighted by Crippen LogP contribution is 2.09. The Hall–Kier alpha value is -1.85. The second kappa shape index (κ2) is 6.58. The first-order chi connectivity index (χ1) is 6.93. The van der Waals surface area contributed by atoms with Crippen molar-refractivity contribution in [2.45, 2.75) is 25.7 Å². The van der Waals surface area contributed by atoms with E-state index in [-0.39, 0.29) is 18.4 Å². The zero-order valence-corrected chi connectivity index (χ0v) is 7.97. The Labute approximate surface area is 85.8 Å². The van der Waals surface area contributed by atoms with Crippen LogP contribution in [0.3, 0.4) is 0 Å². The Morgan fingerprint density at radius 3 is 1.87 bits per heavy atom. The van der Waals surface area contributed by atoms with Gasteiger partial charge in [0.05, 0.1) is 0 Å². The number of hydrogen-bond acceptors (Lipinski definition) is 3. The summed E-state index contributed by atoms with van der Waals surface area (Å²) >= 11 is 0. The van der Waals surface area contributed by atoms with Crippen LogP contribution < -0.4 is 0 Å². The molecule has 0 heterocycles. The number of aliphatic carboxylic acids is 3. The Balaban J connectivity index is 4.04. The number of carboxylic acid groups (broad SMARTS) is 3. The van der Waals surface area contributed by atoms with E-state index in [4.69, 9.17) is 15.3 Å². The third-order valence-corrected chi connectivity index (χ3v) is 1.66. The topological polar surface area (TPSA) is 112 Å². The van der Waals surface area contributed by atoms with Crippen molar-refractivity contribution in [1.29, 1.82) is 0 Å². The summed E-state index contributed by atoms with van der Waals surface area (Å²) in [4.78, 5) is 30.9. The Bertz CT molecular complexity index is 291. The van der Waals surface area contributed by atoms with E-state index in [0.717, 1.165) is 0 Å². The second-order valence-electron chi connectivity index (χ2n) is 2.91. The highest BCUT2D eigenvalue weighted by molar-refractivity contribution is 5.94. The highest BCUT2D eigenvalue weighted by atomic mass is 16.4. The molecular formula is C9H12O6. The van der Waals surface area contributed by atoms with E-state index < -0.39 is 17.9 Å². The fourth-order valence-electron chi connectivity index (χ4n) is 0.982. The molecule has 0 aromatic carbocycles. The SMILES string of the molecule is O=C(O)/C=C(/CCCCC(=O)O)C(=O)O. The number of carbonyl (C=O) groups is 3.